The molecule has 3 rings (SSSR count). The highest BCUT2D eigenvalue weighted by Crippen LogP contribution is 2.30. The molecule has 0 heterocycles. The third kappa shape index (κ3) is 9.21. The van der Waals surface area contributed by atoms with Gasteiger partial charge < -0.3 is 4.74 Å². The van der Waals surface area contributed by atoms with E-state index in [9.17, 15) is 9.36 Å². The van der Waals surface area contributed by atoms with Crippen molar-refractivity contribution in [2.24, 2.45) is 11.8 Å². The predicted octanol–water partition coefficient (Wildman–Crippen LogP) is 6.98. The van der Waals surface area contributed by atoms with Crippen LogP contribution in [0.2, 0.25) is 0 Å². The molecule has 0 radical (unpaired) electrons. The quantitative estimate of drug-likeness (QED) is 0.197. The summed E-state index contributed by atoms with van der Waals surface area (Å²) in [6.45, 7) is 4.69. The maximum atomic E-state index is 12.6. The Morgan fingerprint density at radius 3 is 1.97 bits per heavy atom. The van der Waals surface area contributed by atoms with E-state index >= 15 is 0 Å². The first kappa shape index (κ1) is 25.8. The topological polar surface area (TPSA) is 52.6 Å². The number of ether oxygens (including phenoxy) is 1. The molecule has 178 valence electrons. The van der Waals surface area contributed by atoms with Crippen LogP contribution in [0.15, 0.2) is 84.9 Å². The number of hydrogen-bond donors (Lipinski definition) is 0. The van der Waals surface area contributed by atoms with E-state index in [4.69, 9.17) is 9.26 Å². The lowest BCUT2D eigenvalue weighted by Crippen LogP contribution is -2.22. The van der Waals surface area contributed by atoms with Crippen LogP contribution in [0, 0.1) is 11.8 Å². The zero-order valence-corrected chi connectivity index (χ0v) is 21.0. The highest BCUT2D eigenvalue weighted by Gasteiger charge is 2.32. The van der Waals surface area contributed by atoms with Gasteiger partial charge >= 0.3 is 14.0 Å². The van der Waals surface area contributed by atoms with Crippen molar-refractivity contribution in [1.29, 1.82) is 0 Å². The van der Waals surface area contributed by atoms with Crippen LogP contribution in [0.3, 0.4) is 0 Å². The molecular formula is C29H34O4P+. The summed E-state index contributed by atoms with van der Waals surface area (Å²) in [4.78, 5) is 12.6. The minimum atomic E-state index is -1.93. The Hall–Kier alpha value is -2.81. The van der Waals surface area contributed by atoms with Gasteiger partial charge in [-0.05, 0) is 45.6 Å². The Bertz CT molecular complexity index is 1020. The molecule has 0 spiro atoms. The van der Waals surface area contributed by atoms with Gasteiger partial charge in [0.15, 0.2) is 6.16 Å². The summed E-state index contributed by atoms with van der Waals surface area (Å²) in [5, 5.41) is 0. The monoisotopic (exact) mass is 477 g/mol. The molecule has 0 aliphatic heterocycles. The number of esters is 1. The average molecular weight is 478 g/mol. The van der Waals surface area contributed by atoms with Crippen LogP contribution in [0.25, 0.3) is 0 Å². The number of carbonyl (C=O) groups is 1. The summed E-state index contributed by atoms with van der Waals surface area (Å²) in [5.74, 6) is -0.435. The van der Waals surface area contributed by atoms with Crippen LogP contribution >= 0.6 is 8.03 Å². The first-order chi connectivity index (χ1) is 16.5. The van der Waals surface area contributed by atoms with E-state index in [0.717, 1.165) is 17.5 Å². The zero-order chi connectivity index (χ0) is 24.2. The molecule has 2 unspecified atom stereocenters. The van der Waals surface area contributed by atoms with Crippen molar-refractivity contribution in [2.45, 2.75) is 39.7 Å². The summed E-state index contributed by atoms with van der Waals surface area (Å²) in [6.07, 6.45) is 2.40. The zero-order valence-electron chi connectivity index (χ0n) is 20.1. The van der Waals surface area contributed by atoms with E-state index in [1.165, 1.54) is 11.1 Å². The van der Waals surface area contributed by atoms with Crippen LogP contribution in [0.5, 0.6) is 0 Å². The lowest BCUT2D eigenvalue weighted by Gasteiger charge is -2.14. The molecule has 3 aromatic rings. The van der Waals surface area contributed by atoms with Gasteiger partial charge in [0, 0.05) is 6.42 Å². The normalized spacial score (nSPS) is 12.4. The van der Waals surface area contributed by atoms with Gasteiger partial charge in [-0.1, -0.05) is 98.8 Å². The number of benzene rings is 3. The van der Waals surface area contributed by atoms with Crippen molar-refractivity contribution in [2.75, 3.05) is 12.8 Å². The predicted molar refractivity (Wildman–Crippen MR) is 137 cm³/mol. The third-order valence-corrected chi connectivity index (χ3v) is 6.79. The SMILES string of the molecule is CC(C)CC(C[P+](=O)OCCc1ccc(Cc2ccccc2)cc1)C(=O)OCc1ccccc1. The molecule has 0 saturated carbocycles. The molecule has 34 heavy (non-hydrogen) atoms. The molecule has 5 heteroatoms. The average Bonchev–Trinajstić information content (AvgIpc) is 2.84. The van der Waals surface area contributed by atoms with E-state index < -0.39 is 13.9 Å². The first-order valence-corrected chi connectivity index (χ1v) is 13.3. The van der Waals surface area contributed by atoms with Crippen molar-refractivity contribution in [3.05, 3.63) is 107 Å². The minimum absolute atomic E-state index is 0.192. The van der Waals surface area contributed by atoms with Crippen LogP contribution in [-0.4, -0.2) is 18.7 Å². The van der Waals surface area contributed by atoms with E-state index in [1.54, 1.807) is 0 Å². The molecule has 0 saturated heterocycles. The van der Waals surface area contributed by atoms with Crippen LogP contribution in [0.4, 0.5) is 0 Å². The summed E-state index contributed by atoms with van der Waals surface area (Å²) in [7, 11) is -1.93. The van der Waals surface area contributed by atoms with Gasteiger partial charge in [-0.15, -0.1) is 4.52 Å². The van der Waals surface area contributed by atoms with Gasteiger partial charge in [0.1, 0.15) is 19.1 Å². The molecule has 0 aromatic heterocycles. The summed E-state index contributed by atoms with van der Waals surface area (Å²) >= 11 is 0. The van der Waals surface area contributed by atoms with E-state index in [-0.39, 0.29) is 18.7 Å². The second-order valence-corrected chi connectivity index (χ2v) is 10.3. The maximum Gasteiger partial charge on any atom is 0.508 e. The fourth-order valence-corrected chi connectivity index (χ4v) is 4.87. The van der Waals surface area contributed by atoms with Gasteiger partial charge in [-0.25, -0.2) is 0 Å². The molecule has 0 aliphatic rings. The van der Waals surface area contributed by atoms with Crippen molar-refractivity contribution >= 4 is 14.0 Å². The number of hydrogen-bond acceptors (Lipinski definition) is 4. The van der Waals surface area contributed by atoms with Gasteiger partial charge in [-0.3, -0.25) is 4.79 Å². The van der Waals surface area contributed by atoms with Crippen LogP contribution in [0.1, 0.15) is 42.5 Å². The van der Waals surface area contributed by atoms with Crippen LogP contribution in [-0.2, 0) is 38.1 Å². The molecule has 0 bridgehead atoms. The van der Waals surface area contributed by atoms with Gasteiger partial charge in [0.2, 0.25) is 0 Å². The molecular weight excluding hydrogens is 443 g/mol. The molecule has 4 nitrogen and oxygen atoms in total. The smallest absolute Gasteiger partial charge is 0.460 e. The summed E-state index contributed by atoms with van der Waals surface area (Å²) in [6, 6.07) is 28.4. The summed E-state index contributed by atoms with van der Waals surface area (Å²) < 4.78 is 23.7. The van der Waals surface area contributed by atoms with Crippen molar-refractivity contribution in [3.63, 3.8) is 0 Å². The molecule has 0 amide bonds. The lowest BCUT2D eigenvalue weighted by atomic mass is 9.99. The highest BCUT2D eigenvalue weighted by atomic mass is 31.1. The Labute approximate surface area is 204 Å². The maximum absolute atomic E-state index is 12.6. The van der Waals surface area contributed by atoms with Crippen molar-refractivity contribution in [1.82, 2.24) is 0 Å². The summed E-state index contributed by atoms with van der Waals surface area (Å²) in [5.41, 5.74) is 4.62. The standard InChI is InChI=1S/C29H34O4P/c1-23(2)19-28(29(30)32-21-27-11-7-4-8-12-27)22-34(31)33-18-17-24-13-15-26(16-14-24)20-25-9-5-3-6-10-25/h3-16,23,28H,17-22H2,1-2H3/q+1. The second-order valence-electron chi connectivity index (χ2n) is 9.00. The number of rotatable bonds is 13. The first-order valence-electron chi connectivity index (χ1n) is 11.9. The molecule has 2 atom stereocenters. The van der Waals surface area contributed by atoms with E-state index in [2.05, 4.69) is 48.5 Å². The van der Waals surface area contributed by atoms with Gasteiger partial charge in [-0.2, -0.15) is 0 Å². The Balaban J connectivity index is 1.43. The van der Waals surface area contributed by atoms with Gasteiger partial charge in [0.05, 0.1) is 0 Å². The Morgan fingerprint density at radius 1 is 0.794 bits per heavy atom. The molecule has 3 aromatic carbocycles. The Morgan fingerprint density at radius 2 is 1.35 bits per heavy atom. The van der Waals surface area contributed by atoms with E-state index in [1.807, 2.05) is 50.2 Å². The van der Waals surface area contributed by atoms with Crippen molar-refractivity contribution < 1.29 is 18.6 Å². The fourth-order valence-electron chi connectivity index (χ4n) is 3.81. The Kier molecular flexibility index (Phi) is 10.5. The number of carbonyl (C=O) groups excluding carboxylic acids is 1. The minimum Gasteiger partial charge on any atom is -0.460 e. The highest BCUT2D eigenvalue weighted by molar-refractivity contribution is 7.39. The second kappa shape index (κ2) is 13.8. The van der Waals surface area contributed by atoms with E-state index in [0.29, 0.717) is 25.4 Å². The third-order valence-electron chi connectivity index (χ3n) is 5.58. The van der Waals surface area contributed by atoms with Crippen LogP contribution < -0.4 is 0 Å². The largest absolute Gasteiger partial charge is 0.508 e. The fraction of sp³-hybridized carbons (Fsp3) is 0.345. The lowest BCUT2D eigenvalue weighted by molar-refractivity contribution is -0.149. The van der Waals surface area contributed by atoms with Gasteiger partial charge in [0.25, 0.3) is 0 Å². The van der Waals surface area contributed by atoms with Crippen molar-refractivity contribution in [3.8, 4) is 0 Å². The molecule has 0 aliphatic carbocycles. The molecule has 0 fully saturated rings. The molecule has 0 N–H and O–H groups in total.